The Kier molecular flexibility index (Phi) is 6.75. The number of rotatable bonds is 7. The van der Waals surface area contributed by atoms with Gasteiger partial charge in [0.1, 0.15) is 14.9 Å². The molecule has 90 valence electrons. The molecular weight excluding hydrogens is 222 g/mol. The Hall–Kier alpha value is 0.314. The van der Waals surface area contributed by atoms with Gasteiger partial charge in [-0.2, -0.15) is 0 Å². The molecule has 0 aromatic rings. The number of hydrogen-bond donors (Lipinski definition) is 0. The van der Waals surface area contributed by atoms with Gasteiger partial charge in [0.15, 0.2) is 0 Å². The molecule has 1 rings (SSSR count). The van der Waals surface area contributed by atoms with Crippen molar-refractivity contribution in [1.82, 2.24) is 4.57 Å². The zero-order valence-electron chi connectivity index (χ0n) is 10.4. The van der Waals surface area contributed by atoms with E-state index in [1.54, 1.807) is 14.2 Å². The quantitative estimate of drug-likeness (QED) is 0.374. The molecule has 1 atom stereocenters. The van der Waals surface area contributed by atoms with Gasteiger partial charge in [-0.05, 0) is 32.0 Å². The first-order valence-corrected chi connectivity index (χ1v) is 10.4. The smallest absolute Gasteiger partial charge is 0.134 e. The molecule has 1 aliphatic rings. The molecule has 3 nitrogen and oxygen atoms in total. The molecule has 0 saturated carbocycles. The number of nitrogens with zero attached hydrogens (tertiary/aromatic N) is 1. The Balaban J connectivity index is 2.01. The monoisotopic (exact) mass is 247 g/mol. The van der Waals surface area contributed by atoms with Gasteiger partial charge in [0.25, 0.3) is 0 Å². The Morgan fingerprint density at radius 2 is 2.13 bits per heavy atom. The normalized spacial score (nSPS) is 23.6. The van der Waals surface area contributed by atoms with Crippen LogP contribution in [-0.2, 0) is 9.47 Å². The van der Waals surface area contributed by atoms with Crippen LogP contribution in [-0.4, -0.2) is 56.3 Å². The molecule has 0 aromatic heterocycles. The minimum Gasteiger partial charge on any atom is -0.360 e. The summed E-state index contributed by atoms with van der Waals surface area (Å²) in [4.78, 5) is 0. The summed E-state index contributed by atoms with van der Waals surface area (Å²) >= 11 is 0. The fourth-order valence-electron chi connectivity index (χ4n) is 2.28. The predicted molar refractivity (Wildman–Crippen MR) is 69.8 cm³/mol. The Labute approximate surface area is 97.6 Å². The van der Waals surface area contributed by atoms with Crippen LogP contribution < -0.4 is 0 Å². The van der Waals surface area contributed by atoms with Crippen LogP contribution in [0.25, 0.3) is 0 Å². The van der Waals surface area contributed by atoms with Gasteiger partial charge in [-0.1, -0.05) is 12.6 Å². The van der Waals surface area contributed by atoms with E-state index in [9.17, 15) is 0 Å². The average molecular weight is 247 g/mol. The van der Waals surface area contributed by atoms with Crippen LogP contribution in [0, 0.1) is 0 Å². The van der Waals surface area contributed by atoms with E-state index in [0.717, 1.165) is 0 Å². The maximum atomic E-state index is 5.23. The van der Waals surface area contributed by atoms with Crippen molar-refractivity contribution < 1.29 is 9.47 Å². The van der Waals surface area contributed by atoms with Crippen LogP contribution >= 0.6 is 0 Å². The summed E-state index contributed by atoms with van der Waals surface area (Å²) in [5.41, 5.74) is 0. The summed E-state index contributed by atoms with van der Waals surface area (Å²) in [6.07, 6.45) is 2.80. The zero-order chi connectivity index (χ0) is 11.1. The van der Waals surface area contributed by atoms with E-state index in [-0.39, 0.29) is 15.4 Å². The molecule has 1 fully saturated rings. The molecule has 1 aliphatic heterocycles. The predicted octanol–water partition coefficient (Wildman–Crippen LogP) is 0.599. The molecule has 5 heteroatoms. The van der Waals surface area contributed by atoms with Gasteiger partial charge < -0.3 is 14.0 Å². The average Bonchev–Trinajstić information content (AvgIpc) is 2.65. The van der Waals surface area contributed by atoms with Crippen molar-refractivity contribution in [3.8, 4) is 0 Å². The highest BCUT2D eigenvalue weighted by molar-refractivity contribution is 6.55. The van der Waals surface area contributed by atoms with E-state index in [1.165, 1.54) is 38.0 Å². The largest absolute Gasteiger partial charge is 0.360 e. The van der Waals surface area contributed by atoms with Crippen LogP contribution in [0.5, 0.6) is 0 Å². The van der Waals surface area contributed by atoms with Crippen LogP contribution in [0.2, 0.25) is 18.6 Å². The highest BCUT2D eigenvalue weighted by Crippen LogP contribution is 2.14. The van der Waals surface area contributed by atoms with E-state index in [0.29, 0.717) is 0 Å². The van der Waals surface area contributed by atoms with E-state index >= 15 is 0 Å². The third kappa shape index (κ3) is 4.78. The molecule has 1 saturated heterocycles. The molecule has 0 aliphatic carbocycles. The molecule has 0 radical (unpaired) electrons. The van der Waals surface area contributed by atoms with Gasteiger partial charge in [0, 0.05) is 14.2 Å². The first-order valence-electron chi connectivity index (χ1n) is 6.07. The fourth-order valence-corrected chi connectivity index (χ4v) is 5.99. The minimum absolute atomic E-state index is 0.137. The Bertz CT molecular complexity index is 168. The molecule has 1 unspecified atom stereocenters. The first-order chi connectivity index (χ1) is 7.27. The van der Waals surface area contributed by atoms with Crippen molar-refractivity contribution in [2.24, 2.45) is 0 Å². The minimum atomic E-state index is -0.460. The standard InChI is InChI=1S/C10H25NO2Si2/c1-12-10(13-2)14-8-4-6-11-7-5-9-15(11)3/h10,15H,4-9,14H2,1-3H3. The maximum Gasteiger partial charge on any atom is 0.134 e. The van der Waals surface area contributed by atoms with Crippen molar-refractivity contribution in [3.05, 3.63) is 0 Å². The van der Waals surface area contributed by atoms with E-state index in [4.69, 9.17) is 9.47 Å². The molecule has 15 heavy (non-hydrogen) atoms. The van der Waals surface area contributed by atoms with E-state index < -0.39 is 8.96 Å². The maximum absolute atomic E-state index is 5.23. The summed E-state index contributed by atoms with van der Waals surface area (Å²) in [5.74, 6) is 0.137. The first kappa shape index (κ1) is 13.4. The summed E-state index contributed by atoms with van der Waals surface area (Å²) in [7, 11) is 2.85. The van der Waals surface area contributed by atoms with Gasteiger partial charge in [0.2, 0.25) is 0 Å². The lowest BCUT2D eigenvalue weighted by Gasteiger charge is -2.20. The van der Waals surface area contributed by atoms with Crippen LogP contribution in [0.15, 0.2) is 0 Å². The SMILES string of the molecule is COC(OC)[SiH2]CCCN1CCC[SiH]1C. The second kappa shape index (κ2) is 7.56. The van der Waals surface area contributed by atoms with Gasteiger partial charge in [-0.3, -0.25) is 0 Å². The highest BCUT2D eigenvalue weighted by Gasteiger charge is 2.20. The Morgan fingerprint density at radius 3 is 2.67 bits per heavy atom. The lowest BCUT2D eigenvalue weighted by molar-refractivity contribution is -0.0441. The fraction of sp³-hybridized carbons (Fsp3) is 1.00. The summed E-state index contributed by atoms with van der Waals surface area (Å²) in [5, 5.41) is 0. The molecule has 1 heterocycles. The molecule has 0 N–H and O–H groups in total. The molecule has 0 spiro atoms. The van der Waals surface area contributed by atoms with Crippen molar-refractivity contribution in [2.75, 3.05) is 27.3 Å². The number of hydrogen-bond acceptors (Lipinski definition) is 3. The van der Waals surface area contributed by atoms with Crippen molar-refractivity contribution >= 4 is 18.5 Å². The zero-order valence-corrected chi connectivity index (χ0v) is 12.9. The van der Waals surface area contributed by atoms with Gasteiger partial charge >= 0.3 is 0 Å². The van der Waals surface area contributed by atoms with Crippen molar-refractivity contribution in [1.29, 1.82) is 0 Å². The van der Waals surface area contributed by atoms with Crippen molar-refractivity contribution in [3.63, 3.8) is 0 Å². The second-order valence-electron chi connectivity index (χ2n) is 4.42. The molecule has 0 amide bonds. The molecular formula is C10H25NO2Si2. The highest BCUT2D eigenvalue weighted by atomic mass is 28.3. The topological polar surface area (TPSA) is 21.7 Å². The van der Waals surface area contributed by atoms with E-state index in [2.05, 4.69) is 11.1 Å². The van der Waals surface area contributed by atoms with Gasteiger partial charge in [-0.15, -0.1) is 0 Å². The van der Waals surface area contributed by atoms with Crippen molar-refractivity contribution in [2.45, 2.75) is 37.4 Å². The Morgan fingerprint density at radius 1 is 1.40 bits per heavy atom. The molecule has 0 bridgehead atoms. The lowest BCUT2D eigenvalue weighted by Crippen LogP contribution is -2.32. The van der Waals surface area contributed by atoms with Crippen LogP contribution in [0.3, 0.4) is 0 Å². The number of methoxy groups -OCH3 is 2. The summed E-state index contributed by atoms with van der Waals surface area (Å²) in [6.45, 7) is 5.19. The lowest BCUT2D eigenvalue weighted by atomic mass is 10.4. The third-order valence-electron chi connectivity index (χ3n) is 3.35. The van der Waals surface area contributed by atoms with Gasteiger partial charge in [-0.25, -0.2) is 0 Å². The number of ether oxygens (including phenoxy) is 2. The summed E-state index contributed by atoms with van der Waals surface area (Å²) < 4.78 is 13.2. The van der Waals surface area contributed by atoms with E-state index in [1.807, 2.05) is 0 Å². The second-order valence-corrected chi connectivity index (χ2v) is 9.38. The molecule has 0 aromatic carbocycles. The third-order valence-corrected chi connectivity index (χ3v) is 8.40. The van der Waals surface area contributed by atoms with Gasteiger partial charge in [0.05, 0.1) is 9.52 Å². The van der Waals surface area contributed by atoms with Crippen LogP contribution in [0.1, 0.15) is 12.8 Å². The van der Waals surface area contributed by atoms with Crippen LogP contribution in [0.4, 0.5) is 0 Å². The summed E-state index contributed by atoms with van der Waals surface area (Å²) in [6, 6.07) is 2.88.